The molecule has 4 rings (SSSR count). The Morgan fingerprint density at radius 2 is 1.74 bits per heavy atom. The number of carbonyl (C=O) groups excluding carboxylic acids is 1. The molecule has 0 spiro atoms. The van der Waals surface area contributed by atoms with Gasteiger partial charge in [-0.3, -0.25) is 4.90 Å². The maximum absolute atomic E-state index is 12.8. The Morgan fingerprint density at radius 1 is 1.07 bits per heavy atom. The van der Waals surface area contributed by atoms with Crippen LogP contribution in [0.1, 0.15) is 30.5 Å². The van der Waals surface area contributed by atoms with Gasteiger partial charge in [-0.15, -0.1) is 0 Å². The Kier molecular flexibility index (Phi) is 4.06. The van der Waals surface area contributed by atoms with Gasteiger partial charge in [0.2, 0.25) is 0 Å². The second-order valence-electron chi connectivity index (χ2n) is 7.60. The molecule has 27 heavy (non-hydrogen) atoms. The first kappa shape index (κ1) is 17.7. The second-order valence-corrected chi connectivity index (χ2v) is 7.60. The van der Waals surface area contributed by atoms with Crippen LogP contribution in [-0.2, 0) is 23.1 Å². The summed E-state index contributed by atoms with van der Waals surface area (Å²) in [4.78, 5) is 14.6. The third kappa shape index (κ3) is 2.48. The lowest BCUT2D eigenvalue weighted by Crippen LogP contribution is -2.56. The molecule has 0 aliphatic carbocycles. The summed E-state index contributed by atoms with van der Waals surface area (Å²) in [7, 11) is 3.27. The lowest BCUT2D eigenvalue weighted by Gasteiger charge is -2.46. The van der Waals surface area contributed by atoms with Crippen LogP contribution in [0.2, 0.25) is 0 Å². The van der Waals surface area contributed by atoms with Crippen molar-refractivity contribution < 1.29 is 19.0 Å². The Morgan fingerprint density at radius 3 is 2.41 bits per heavy atom. The van der Waals surface area contributed by atoms with E-state index in [-0.39, 0.29) is 6.09 Å². The zero-order valence-corrected chi connectivity index (χ0v) is 16.2. The van der Waals surface area contributed by atoms with E-state index in [1.165, 1.54) is 5.56 Å². The Hall–Kier alpha value is -2.69. The number of carbonyl (C=O) groups is 1. The molecule has 2 unspecified atom stereocenters. The summed E-state index contributed by atoms with van der Waals surface area (Å²) in [5.74, 6) is 1.38. The largest absolute Gasteiger partial charge is 0.493 e. The van der Waals surface area contributed by atoms with Gasteiger partial charge in [0.05, 0.1) is 14.2 Å². The number of hydrogen-bond acceptors (Lipinski definition) is 4. The summed E-state index contributed by atoms with van der Waals surface area (Å²) >= 11 is 0. The highest BCUT2D eigenvalue weighted by Gasteiger charge is 2.62. The first-order chi connectivity index (χ1) is 12.9. The zero-order valence-electron chi connectivity index (χ0n) is 16.2. The number of fused-ring (bicyclic) bond motifs is 3. The molecule has 1 fully saturated rings. The van der Waals surface area contributed by atoms with Crippen LogP contribution in [-0.4, -0.2) is 37.4 Å². The molecule has 0 saturated carbocycles. The van der Waals surface area contributed by atoms with Crippen LogP contribution in [0, 0.1) is 0 Å². The zero-order chi connectivity index (χ0) is 19.2. The van der Waals surface area contributed by atoms with Gasteiger partial charge in [0.25, 0.3) is 0 Å². The van der Waals surface area contributed by atoms with Crippen molar-refractivity contribution in [1.29, 1.82) is 0 Å². The number of amides is 1. The van der Waals surface area contributed by atoms with E-state index < -0.39 is 11.1 Å². The van der Waals surface area contributed by atoms with Gasteiger partial charge in [0.1, 0.15) is 11.1 Å². The van der Waals surface area contributed by atoms with E-state index in [1.54, 1.807) is 14.2 Å². The van der Waals surface area contributed by atoms with E-state index in [4.69, 9.17) is 14.2 Å². The van der Waals surface area contributed by atoms with Gasteiger partial charge >= 0.3 is 6.09 Å². The summed E-state index contributed by atoms with van der Waals surface area (Å²) in [5, 5.41) is 0. The predicted octanol–water partition coefficient (Wildman–Crippen LogP) is 3.93. The van der Waals surface area contributed by atoms with Crippen LogP contribution in [0.3, 0.4) is 0 Å². The van der Waals surface area contributed by atoms with Crippen molar-refractivity contribution in [3.8, 4) is 11.5 Å². The standard InChI is InChI=1S/C22H25NO4/c1-21(14-15-8-6-5-7-9-15)22(2)17-13-19(26-4)18(25-3)12-16(17)10-11-23(22)20(24)27-21/h5-9,12-13H,10-11,14H2,1-4H3. The number of methoxy groups -OCH3 is 2. The van der Waals surface area contributed by atoms with Crippen molar-refractivity contribution in [3.63, 3.8) is 0 Å². The number of ether oxygens (including phenoxy) is 3. The molecule has 2 aliphatic rings. The molecule has 5 heteroatoms. The monoisotopic (exact) mass is 367 g/mol. The van der Waals surface area contributed by atoms with Gasteiger partial charge in [0, 0.05) is 13.0 Å². The van der Waals surface area contributed by atoms with Gasteiger partial charge in [0.15, 0.2) is 11.5 Å². The highest BCUT2D eigenvalue weighted by Crippen LogP contribution is 2.53. The number of rotatable bonds is 4. The molecule has 2 heterocycles. The topological polar surface area (TPSA) is 48.0 Å². The highest BCUT2D eigenvalue weighted by molar-refractivity contribution is 5.75. The fourth-order valence-electron chi connectivity index (χ4n) is 4.57. The molecule has 142 valence electrons. The van der Waals surface area contributed by atoms with Gasteiger partial charge in [-0.25, -0.2) is 4.79 Å². The van der Waals surface area contributed by atoms with E-state index >= 15 is 0 Å². The summed E-state index contributed by atoms with van der Waals surface area (Å²) in [5.41, 5.74) is 2.09. The first-order valence-corrected chi connectivity index (χ1v) is 9.23. The van der Waals surface area contributed by atoms with Gasteiger partial charge in [-0.2, -0.15) is 0 Å². The molecular weight excluding hydrogens is 342 g/mol. The van der Waals surface area contributed by atoms with Gasteiger partial charge in [-0.05, 0) is 49.1 Å². The summed E-state index contributed by atoms with van der Waals surface area (Å²) < 4.78 is 17.0. The van der Waals surface area contributed by atoms with E-state index in [0.717, 1.165) is 17.5 Å². The van der Waals surface area contributed by atoms with Crippen LogP contribution < -0.4 is 9.47 Å². The Balaban J connectivity index is 1.86. The minimum atomic E-state index is -0.694. The van der Waals surface area contributed by atoms with Crippen molar-refractivity contribution >= 4 is 6.09 Å². The van der Waals surface area contributed by atoms with Crippen LogP contribution in [0.5, 0.6) is 11.5 Å². The number of cyclic esters (lactones) is 1. The summed E-state index contributed by atoms with van der Waals surface area (Å²) in [6.07, 6.45) is 1.15. The lowest BCUT2D eigenvalue weighted by atomic mass is 9.70. The molecule has 5 nitrogen and oxygen atoms in total. The maximum atomic E-state index is 12.8. The van der Waals surface area contributed by atoms with E-state index in [0.29, 0.717) is 24.5 Å². The molecule has 1 saturated heterocycles. The average Bonchev–Trinajstić information content (AvgIpc) is 2.87. The van der Waals surface area contributed by atoms with E-state index in [9.17, 15) is 4.79 Å². The molecule has 2 aromatic carbocycles. The highest BCUT2D eigenvalue weighted by atomic mass is 16.6. The van der Waals surface area contributed by atoms with Crippen LogP contribution in [0.25, 0.3) is 0 Å². The van der Waals surface area contributed by atoms with Crippen molar-refractivity contribution in [2.75, 3.05) is 20.8 Å². The second kappa shape index (κ2) is 6.19. The third-order valence-electron chi connectivity index (χ3n) is 6.23. The molecule has 0 radical (unpaired) electrons. The minimum Gasteiger partial charge on any atom is -0.493 e. The van der Waals surface area contributed by atoms with Crippen LogP contribution in [0.15, 0.2) is 42.5 Å². The third-order valence-corrected chi connectivity index (χ3v) is 6.23. The first-order valence-electron chi connectivity index (χ1n) is 9.23. The average molecular weight is 367 g/mol. The van der Waals surface area contributed by atoms with Crippen LogP contribution >= 0.6 is 0 Å². The van der Waals surface area contributed by atoms with Crippen molar-refractivity contribution in [2.24, 2.45) is 0 Å². The number of hydrogen-bond donors (Lipinski definition) is 0. The molecule has 0 bridgehead atoms. The molecule has 2 aromatic rings. The molecule has 2 atom stereocenters. The molecule has 0 N–H and O–H groups in total. The fraction of sp³-hybridized carbons (Fsp3) is 0.409. The number of nitrogens with zero attached hydrogens (tertiary/aromatic N) is 1. The normalized spacial score (nSPS) is 26.2. The number of benzene rings is 2. The minimum absolute atomic E-state index is 0.253. The fourth-order valence-corrected chi connectivity index (χ4v) is 4.57. The van der Waals surface area contributed by atoms with Crippen LogP contribution in [0.4, 0.5) is 4.79 Å². The molecular formula is C22H25NO4. The lowest BCUT2D eigenvalue weighted by molar-refractivity contribution is 0.00226. The maximum Gasteiger partial charge on any atom is 0.411 e. The van der Waals surface area contributed by atoms with Crippen molar-refractivity contribution in [3.05, 3.63) is 59.2 Å². The van der Waals surface area contributed by atoms with Crippen molar-refractivity contribution in [2.45, 2.75) is 37.8 Å². The predicted molar refractivity (Wildman–Crippen MR) is 102 cm³/mol. The molecule has 2 aliphatic heterocycles. The van der Waals surface area contributed by atoms with Gasteiger partial charge < -0.3 is 14.2 Å². The van der Waals surface area contributed by atoms with E-state index in [1.807, 2.05) is 42.2 Å². The van der Waals surface area contributed by atoms with E-state index in [2.05, 4.69) is 19.1 Å². The summed E-state index contributed by atoms with van der Waals surface area (Å²) in [6.45, 7) is 4.76. The summed E-state index contributed by atoms with van der Waals surface area (Å²) in [6, 6.07) is 14.2. The smallest absolute Gasteiger partial charge is 0.411 e. The van der Waals surface area contributed by atoms with Gasteiger partial charge in [-0.1, -0.05) is 30.3 Å². The van der Waals surface area contributed by atoms with Crippen molar-refractivity contribution in [1.82, 2.24) is 4.90 Å². The molecule has 1 amide bonds. The quantitative estimate of drug-likeness (QED) is 0.822. The SMILES string of the molecule is COc1cc2c(cc1OC)C1(C)N(CC2)C(=O)OC1(C)Cc1ccccc1. The Bertz CT molecular complexity index is 881. The molecule has 0 aromatic heterocycles. The Labute approximate surface area is 159 Å².